The minimum atomic E-state index is -0.354. The van der Waals surface area contributed by atoms with E-state index in [1.807, 2.05) is 24.3 Å². The molecule has 3 rings (SSSR count). The number of hydrogen-bond donors (Lipinski definition) is 1. The molecule has 1 N–H and O–H groups in total. The maximum Gasteiger partial charge on any atom is 0.285 e. The molecule has 0 radical (unpaired) electrons. The molecular formula is C17H18ClN5O. The van der Waals surface area contributed by atoms with Gasteiger partial charge in [0, 0.05) is 32.7 Å². The van der Waals surface area contributed by atoms with Gasteiger partial charge in [0.2, 0.25) is 0 Å². The molecule has 0 saturated carbocycles. The zero-order valence-corrected chi connectivity index (χ0v) is 14.0. The maximum absolute atomic E-state index is 11.6. The number of halogens is 1. The second kappa shape index (κ2) is 7.47. The SMILES string of the molecule is N#Cc1ccc(CN2CCCN(c3cn[nH]c(=O)c3Cl)CC2)cc1. The molecule has 24 heavy (non-hydrogen) atoms. The smallest absolute Gasteiger partial charge is 0.285 e. The van der Waals surface area contributed by atoms with Crippen LogP contribution in [0.15, 0.2) is 35.3 Å². The van der Waals surface area contributed by atoms with Gasteiger partial charge in [-0.1, -0.05) is 23.7 Å². The van der Waals surface area contributed by atoms with Gasteiger partial charge in [-0.2, -0.15) is 10.4 Å². The van der Waals surface area contributed by atoms with E-state index in [2.05, 4.69) is 26.1 Å². The van der Waals surface area contributed by atoms with Gasteiger partial charge in [-0.25, -0.2) is 5.10 Å². The largest absolute Gasteiger partial charge is 0.368 e. The van der Waals surface area contributed by atoms with Crippen LogP contribution in [0, 0.1) is 11.3 Å². The van der Waals surface area contributed by atoms with Crippen LogP contribution in [0.2, 0.25) is 5.02 Å². The van der Waals surface area contributed by atoms with Crippen LogP contribution in [0.3, 0.4) is 0 Å². The lowest BCUT2D eigenvalue weighted by molar-refractivity contribution is 0.285. The van der Waals surface area contributed by atoms with Crippen molar-refractivity contribution in [1.82, 2.24) is 15.1 Å². The number of nitrogens with zero attached hydrogens (tertiary/aromatic N) is 4. The number of hydrogen-bond acceptors (Lipinski definition) is 5. The molecule has 1 aromatic carbocycles. The van der Waals surface area contributed by atoms with Crippen LogP contribution in [0.25, 0.3) is 0 Å². The Balaban J connectivity index is 1.65. The maximum atomic E-state index is 11.6. The standard InChI is InChI=1S/C17H18ClN5O/c18-16-15(11-20-21-17(16)24)23-7-1-6-22(8-9-23)12-14-4-2-13(10-19)3-5-14/h2-5,11H,1,6-9,12H2,(H,21,24). The van der Waals surface area contributed by atoms with Gasteiger partial charge in [0.15, 0.2) is 0 Å². The number of aromatic amines is 1. The third-order valence-electron chi connectivity index (χ3n) is 4.20. The molecule has 2 heterocycles. The fourth-order valence-corrected chi connectivity index (χ4v) is 3.12. The summed E-state index contributed by atoms with van der Waals surface area (Å²) in [7, 11) is 0. The van der Waals surface area contributed by atoms with Crippen molar-refractivity contribution in [2.24, 2.45) is 0 Å². The van der Waals surface area contributed by atoms with E-state index in [9.17, 15) is 4.79 Å². The number of nitriles is 1. The third kappa shape index (κ3) is 3.75. The zero-order valence-electron chi connectivity index (χ0n) is 13.2. The van der Waals surface area contributed by atoms with Crippen molar-refractivity contribution in [1.29, 1.82) is 5.26 Å². The summed E-state index contributed by atoms with van der Waals surface area (Å²) < 4.78 is 0. The van der Waals surface area contributed by atoms with Crippen LogP contribution in [-0.2, 0) is 6.54 Å². The molecule has 1 aliphatic rings. The average molecular weight is 344 g/mol. The molecule has 0 amide bonds. The van der Waals surface area contributed by atoms with Crippen LogP contribution in [0.4, 0.5) is 5.69 Å². The number of rotatable bonds is 3. The van der Waals surface area contributed by atoms with Gasteiger partial charge >= 0.3 is 0 Å². The highest BCUT2D eigenvalue weighted by Crippen LogP contribution is 2.22. The minimum Gasteiger partial charge on any atom is -0.368 e. The van der Waals surface area contributed by atoms with Crippen LogP contribution >= 0.6 is 11.6 Å². The fraction of sp³-hybridized carbons (Fsp3) is 0.353. The first-order chi connectivity index (χ1) is 11.7. The topological polar surface area (TPSA) is 76.0 Å². The van der Waals surface area contributed by atoms with E-state index in [0.717, 1.165) is 39.1 Å². The van der Waals surface area contributed by atoms with Crippen molar-refractivity contribution < 1.29 is 0 Å². The van der Waals surface area contributed by atoms with Crippen molar-refractivity contribution in [3.8, 4) is 6.07 Å². The summed E-state index contributed by atoms with van der Waals surface area (Å²) in [6.45, 7) is 4.34. The molecule has 1 saturated heterocycles. The molecule has 1 fully saturated rings. The van der Waals surface area contributed by atoms with E-state index in [4.69, 9.17) is 16.9 Å². The lowest BCUT2D eigenvalue weighted by Gasteiger charge is -2.23. The fourth-order valence-electron chi connectivity index (χ4n) is 2.91. The Morgan fingerprint density at radius 1 is 1.21 bits per heavy atom. The predicted octanol–water partition coefficient (Wildman–Crippen LogP) is 2.01. The summed E-state index contributed by atoms with van der Waals surface area (Å²) >= 11 is 6.11. The molecule has 7 heteroatoms. The lowest BCUT2D eigenvalue weighted by Crippen LogP contribution is -2.31. The van der Waals surface area contributed by atoms with Crippen LogP contribution in [-0.4, -0.2) is 41.3 Å². The first kappa shape index (κ1) is 16.5. The first-order valence-electron chi connectivity index (χ1n) is 7.87. The molecule has 1 aromatic heterocycles. The van der Waals surface area contributed by atoms with E-state index in [1.165, 1.54) is 5.56 Å². The Morgan fingerprint density at radius 3 is 2.75 bits per heavy atom. The normalized spacial score (nSPS) is 15.8. The highest BCUT2D eigenvalue weighted by Gasteiger charge is 2.18. The molecular weight excluding hydrogens is 326 g/mol. The van der Waals surface area contributed by atoms with E-state index in [1.54, 1.807) is 6.20 Å². The van der Waals surface area contributed by atoms with E-state index in [0.29, 0.717) is 11.3 Å². The highest BCUT2D eigenvalue weighted by molar-refractivity contribution is 6.32. The van der Waals surface area contributed by atoms with Gasteiger partial charge in [0.05, 0.1) is 23.5 Å². The van der Waals surface area contributed by atoms with Crippen molar-refractivity contribution in [2.75, 3.05) is 31.1 Å². The summed E-state index contributed by atoms with van der Waals surface area (Å²) in [5.74, 6) is 0. The predicted molar refractivity (Wildman–Crippen MR) is 93.1 cm³/mol. The molecule has 0 aliphatic carbocycles. The lowest BCUT2D eigenvalue weighted by atomic mass is 10.1. The van der Waals surface area contributed by atoms with Gasteiger partial charge in [-0.3, -0.25) is 9.69 Å². The van der Waals surface area contributed by atoms with Gasteiger partial charge < -0.3 is 4.90 Å². The van der Waals surface area contributed by atoms with Crippen LogP contribution < -0.4 is 10.5 Å². The second-order valence-corrected chi connectivity index (χ2v) is 6.20. The van der Waals surface area contributed by atoms with E-state index in [-0.39, 0.29) is 10.6 Å². The summed E-state index contributed by atoms with van der Waals surface area (Å²) in [5, 5.41) is 15.3. The van der Waals surface area contributed by atoms with Crippen LogP contribution in [0.1, 0.15) is 17.5 Å². The Hall–Kier alpha value is -2.36. The summed E-state index contributed by atoms with van der Waals surface area (Å²) in [4.78, 5) is 16.1. The summed E-state index contributed by atoms with van der Waals surface area (Å²) in [5.41, 5.74) is 2.21. The number of H-pyrrole nitrogens is 1. The van der Waals surface area contributed by atoms with Crippen molar-refractivity contribution >= 4 is 17.3 Å². The molecule has 1 aliphatic heterocycles. The number of nitrogens with one attached hydrogen (secondary N) is 1. The van der Waals surface area contributed by atoms with Gasteiger partial charge in [0.1, 0.15) is 5.02 Å². The molecule has 0 atom stereocenters. The minimum absolute atomic E-state index is 0.200. The molecule has 0 unspecified atom stereocenters. The van der Waals surface area contributed by atoms with Gasteiger partial charge in [-0.15, -0.1) is 0 Å². The average Bonchev–Trinajstić information content (AvgIpc) is 2.84. The van der Waals surface area contributed by atoms with Crippen molar-refractivity contribution in [2.45, 2.75) is 13.0 Å². The van der Waals surface area contributed by atoms with E-state index >= 15 is 0 Å². The Labute approximate surface area is 145 Å². The highest BCUT2D eigenvalue weighted by atomic mass is 35.5. The monoisotopic (exact) mass is 343 g/mol. The number of anilines is 1. The Bertz CT molecular complexity index is 796. The Morgan fingerprint density at radius 2 is 2.00 bits per heavy atom. The second-order valence-electron chi connectivity index (χ2n) is 5.82. The van der Waals surface area contributed by atoms with Crippen LogP contribution in [0.5, 0.6) is 0 Å². The quantitative estimate of drug-likeness (QED) is 0.922. The molecule has 6 nitrogen and oxygen atoms in total. The van der Waals surface area contributed by atoms with E-state index < -0.39 is 0 Å². The number of aromatic nitrogens is 2. The molecule has 0 bridgehead atoms. The zero-order chi connectivity index (χ0) is 16.9. The third-order valence-corrected chi connectivity index (χ3v) is 4.56. The van der Waals surface area contributed by atoms with Crippen molar-refractivity contribution in [3.05, 3.63) is 57.0 Å². The molecule has 0 spiro atoms. The first-order valence-corrected chi connectivity index (χ1v) is 8.24. The summed E-state index contributed by atoms with van der Waals surface area (Å²) in [6.07, 6.45) is 2.60. The van der Waals surface area contributed by atoms with Crippen molar-refractivity contribution in [3.63, 3.8) is 0 Å². The molecule has 2 aromatic rings. The molecule has 124 valence electrons. The van der Waals surface area contributed by atoms with Gasteiger partial charge in [-0.05, 0) is 24.1 Å². The Kier molecular flexibility index (Phi) is 5.14. The number of benzene rings is 1. The van der Waals surface area contributed by atoms with Gasteiger partial charge in [0.25, 0.3) is 5.56 Å². The summed E-state index contributed by atoms with van der Waals surface area (Å²) in [6, 6.07) is 9.83.